The van der Waals surface area contributed by atoms with Crippen LogP contribution >= 0.6 is 34.8 Å². The molecule has 6 heteroatoms. The Bertz CT molecular complexity index is 542. The first-order valence-corrected chi connectivity index (χ1v) is 6.39. The highest BCUT2D eigenvalue weighted by Gasteiger charge is 2.16. The summed E-state index contributed by atoms with van der Waals surface area (Å²) in [4.78, 5) is 0. The Labute approximate surface area is 120 Å². The summed E-state index contributed by atoms with van der Waals surface area (Å²) in [5, 5.41) is 1.36. The van der Waals surface area contributed by atoms with E-state index in [1.54, 1.807) is 18.2 Å². The molecule has 18 heavy (non-hydrogen) atoms. The zero-order chi connectivity index (χ0) is 13.1. The van der Waals surface area contributed by atoms with Gasteiger partial charge in [-0.15, -0.1) is 0 Å². The molecular weight excluding hydrogens is 295 g/mol. The van der Waals surface area contributed by atoms with Gasteiger partial charge >= 0.3 is 0 Å². The number of hydrogen-bond donors (Lipinski definition) is 2. The molecule has 2 aromatic rings. The molecule has 0 aliphatic carbocycles. The second-order valence-electron chi connectivity index (χ2n) is 3.78. The zero-order valence-electron chi connectivity index (χ0n) is 9.29. The van der Waals surface area contributed by atoms with Crippen molar-refractivity contribution in [2.24, 2.45) is 5.84 Å². The standard InChI is InChI=1S/C12H11Cl3N2O/c13-8-3-1-2-7(12(8)15)6-9(17-16)10-4-5-11(14)18-10/h1-5,9,17H,6,16H2. The van der Waals surface area contributed by atoms with Gasteiger partial charge in [0.05, 0.1) is 16.1 Å². The maximum atomic E-state index is 6.13. The van der Waals surface area contributed by atoms with Crippen molar-refractivity contribution >= 4 is 34.8 Å². The molecule has 1 aromatic carbocycles. The largest absolute Gasteiger partial charge is 0.448 e. The van der Waals surface area contributed by atoms with E-state index in [2.05, 4.69) is 5.43 Å². The third-order valence-corrected chi connectivity index (χ3v) is 3.66. The fourth-order valence-corrected chi connectivity index (χ4v) is 2.23. The van der Waals surface area contributed by atoms with Gasteiger partial charge in [-0.05, 0) is 41.8 Å². The van der Waals surface area contributed by atoms with Crippen molar-refractivity contribution in [3.05, 3.63) is 56.9 Å². The van der Waals surface area contributed by atoms with Crippen molar-refractivity contribution in [2.75, 3.05) is 0 Å². The lowest BCUT2D eigenvalue weighted by atomic mass is 10.0. The third kappa shape index (κ3) is 2.99. The quantitative estimate of drug-likeness (QED) is 0.663. The fourth-order valence-electron chi connectivity index (χ4n) is 1.68. The molecule has 1 atom stereocenters. The van der Waals surface area contributed by atoms with Crippen LogP contribution in [0.15, 0.2) is 34.7 Å². The molecule has 1 unspecified atom stereocenters. The number of hydrogen-bond acceptors (Lipinski definition) is 3. The molecule has 0 radical (unpaired) electrons. The van der Waals surface area contributed by atoms with Crippen molar-refractivity contribution in [1.82, 2.24) is 5.43 Å². The van der Waals surface area contributed by atoms with E-state index in [9.17, 15) is 0 Å². The van der Waals surface area contributed by atoms with Gasteiger partial charge in [-0.1, -0.05) is 35.3 Å². The number of rotatable bonds is 4. The topological polar surface area (TPSA) is 51.2 Å². The van der Waals surface area contributed by atoms with Gasteiger partial charge in [0.15, 0.2) is 5.22 Å². The molecule has 0 aliphatic rings. The highest BCUT2D eigenvalue weighted by atomic mass is 35.5. The number of hydrazine groups is 1. The average Bonchev–Trinajstić information content (AvgIpc) is 2.78. The molecule has 0 spiro atoms. The van der Waals surface area contributed by atoms with Crippen LogP contribution in [0.5, 0.6) is 0 Å². The molecule has 96 valence electrons. The van der Waals surface area contributed by atoms with Gasteiger partial charge in [0.1, 0.15) is 5.76 Å². The lowest BCUT2D eigenvalue weighted by molar-refractivity contribution is 0.417. The molecular formula is C12H11Cl3N2O. The first-order valence-electron chi connectivity index (χ1n) is 5.26. The minimum absolute atomic E-state index is 0.214. The Kier molecular flexibility index (Phi) is 4.54. The number of nitrogens with two attached hydrogens (primary N) is 1. The molecule has 3 nitrogen and oxygen atoms in total. The van der Waals surface area contributed by atoms with Gasteiger partial charge < -0.3 is 4.42 Å². The summed E-state index contributed by atoms with van der Waals surface area (Å²) in [7, 11) is 0. The van der Waals surface area contributed by atoms with Gasteiger partial charge in [-0.2, -0.15) is 0 Å². The highest BCUT2D eigenvalue weighted by molar-refractivity contribution is 6.42. The highest BCUT2D eigenvalue weighted by Crippen LogP contribution is 2.30. The second kappa shape index (κ2) is 5.95. The maximum absolute atomic E-state index is 6.13. The van der Waals surface area contributed by atoms with Crippen LogP contribution in [0, 0.1) is 0 Å². The number of nitrogens with one attached hydrogen (secondary N) is 1. The van der Waals surface area contributed by atoms with Crippen molar-refractivity contribution in [3.8, 4) is 0 Å². The van der Waals surface area contributed by atoms with Crippen LogP contribution < -0.4 is 11.3 Å². The van der Waals surface area contributed by atoms with E-state index in [-0.39, 0.29) is 6.04 Å². The first-order chi connectivity index (χ1) is 8.61. The molecule has 1 aromatic heterocycles. The smallest absolute Gasteiger partial charge is 0.193 e. The molecule has 0 bridgehead atoms. The van der Waals surface area contributed by atoms with Crippen LogP contribution in [0.3, 0.4) is 0 Å². The van der Waals surface area contributed by atoms with Gasteiger partial charge in [0.2, 0.25) is 0 Å². The Hall–Kier alpha value is -0.710. The predicted octanol–water partition coefficient (Wildman–Crippen LogP) is 3.99. The monoisotopic (exact) mass is 304 g/mol. The van der Waals surface area contributed by atoms with Gasteiger partial charge in [-0.3, -0.25) is 5.84 Å². The Morgan fingerprint density at radius 2 is 1.94 bits per heavy atom. The summed E-state index contributed by atoms with van der Waals surface area (Å²) in [5.74, 6) is 6.17. The third-order valence-electron chi connectivity index (χ3n) is 2.59. The molecule has 0 amide bonds. The van der Waals surface area contributed by atoms with E-state index in [0.717, 1.165) is 5.56 Å². The molecule has 0 saturated heterocycles. The van der Waals surface area contributed by atoms with E-state index in [0.29, 0.717) is 27.4 Å². The van der Waals surface area contributed by atoms with Gasteiger partial charge in [-0.25, -0.2) is 5.43 Å². The van der Waals surface area contributed by atoms with Gasteiger partial charge in [0, 0.05) is 0 Å². The van der Waals surface area contributed by atoms with Crippen molar-refractivity contribution in [3.63, 3.8) is 0 Å². The molecule has 1 heterocycles. The van der Waals surface area contributed by atoms with Gasteiger partial charge in [0.25, 0.3) is 0 Å². The molecule has 0 saturated carbocycles. The molecule has 2 rings (SSSR count). The van der Waals surface area contributed by atoms with Crippen molar-refractivity contribution in [1.29, 1.82) is 0 Å². The fraction of sp³-hybridized carbons (Fsp3) is 0.167. The molecule has 3 N–H and O–H groups in total. The number of furan rings is 1. The summed E-state index contributed by atoms with van der Waals surface area (Å²) >= 11 is 17.8. The minimum atomic E-state index is -0.214. The lowest BCUT2D eigenvalue weighted by Gasteiger charge is -2.14. The van der Waals surface area contributed by atoms with Crippen molar-refractivity contribution in [2.45, 2.75) is 12.5 Å². The number of halogens is 3. The van der Waals surface area contributed by atoms with E-state index in [1.807, 2.05) is 12.1 Å². The number of benzene rings is 1. The van der Waals surface area contributed by atoms with Crippen LogP contribution in [0.2, 0.25) is 15.3 Å². The molecule has 0 fully saturated rings. The van der Waals surface area contributed by atoms with E-state index in [1.165, 1.54) is 0 Å². The van der Waals surface area contributed by atoms with E-state index < -0.39 is 0 Å². The average molecular weight is 306 g/mol. The Balaban J connectivity index is 2.23. The Morgan fingerprint density at radius 3 is 2.56 bits per heavy atom. The lowest BCUT2D eigenvalue weighted by Crippen LogP contribution is -2.29. The van der Waals surface area contributed by atoms with Crippen LogP contribution in [0.4, 0.5) is 0 Å². The first kappa shape index (κ1) is 13.7. The van der Waals surface area contributed by atoms with E-state index in [4.69, 9.17) is 45.1 Å². The SMILES string of the molecule is NNC(Cc1cccc(Cl)c1Cl)c1ccc(Cl)o1. The maximum Gasteiger partial charge on any atom is 0.193 e. The van der Waals surface area contributed by atoms with Crippen LogP contribution in [-0.2, 0) is 6.42 Å². The van der Waals surface area contributed by atoms with E-state index >= 15 is 0 Å². The predicted molar refractivity (Wildman–Crippen MR) is 73.9 cm³/mol. The summed E-state index contributed by atoms with van der Waals surface area (Å²) in [6.07, 6.45) is 0.555. The van der Waals surface area contributed by atoms with Crippen LogP contribution in [-0.4, -0.2) is 0 Å². The second-order valence-corrected chi connectivity index (χ2v) is 4.94. The summed E-state index contributed by atoms with van der Waals surface area (Å²) in [6, 6.07) is 8.69. The zero-order valence-corrected chi connectivity index (χ0v) is 11.6. The normalized spacial score (nSPS) is 12.7. The van der Waals surface area contributed by atoms with Crippen LogP contribution in [0.25, 0.3) is 0 Å². The minimum Gasteiger partial charge on any atom is -0.448 e. The van der Waals surface area contributed by atoms with Crippen LogP contribution in [0.1, 0.15) is 17.4 Å². The summed E-state index contributed by atoms with van der Waals surface area (Å²) in [5.41, 5.74) is 3.56. The summed E-state index contributed by atoms with van der Waals surface area (Å²) in [6.45, 7) is 0. The molecule has 0 aliphatic heterocycles. The Morgan fingerprint density at radius 1 is 1.17 bits per heavy atom. The van der Waals surface area contributed by atoms with Crippen molar-refractivity contribution < 1.29 is 4.42 Å². The summed E-state index contributed by atoms with van der Waals surface area (Å²) < 4.78 is 5.33.